The van der Waals surface area contributed by atoms with E-state index >= 15 is 0 Å². The maximum Gasteiger partial charge on any atom is 0.230 e. The van der Waals surface area contributed by atoms with Gasteiger partial charge in [-0.15, -0.1) is 0 Å². The molecule has 0 atom stereocenters. The van der Waals surface area contributed by atoms with Crippen LogP contribution >= 0.6 is 0 Å². The van der Waals surface area contributed by atoms with Crippen LogP contribution in [0.15, 0.2) is 48.7 Å². The molecule has 3 N–H and O–H groups in total. The van der Waals surface area contributed by atoms with Gasteiger partial charge in [0.1, 0.15) is 17.7 Å². The molecule has 0 radical (unpaired) electrons. The summed E-state index contributed by atoms with van der Waals surface area (Å²) >= 11 is 0. The van der Waals surface area contributed by atoms with Gasteiger partial charge in [0.15, 0.2) is 0 Å². The van der Waals surface area contributed by atoms with E-state index in [-0.39, 0.29) is 0 Å². The molecule has 0 aliphatic carbocycles. The minimum Gasteiger partial charge on any atom is -0.383 e. The Balaban J connectivity index is 1.88. The Morgan fingerprint density at radius 2 is 1.76 bits per heavy atom. The molecule has 0 fully saturated rings. The monoisotopic (exact) mass is 431 g/mol. The number of nitrogens with one attached hydrogen (secondary N) is 1. The van der Waals surface area contributed by atoms with Crippen LogP contribution in [-0.2, 0) is 0 Å². The molecule has 0 spiro atoms. The second-order valence-corrected chi connectivity index (χ2v) is 7.80. The van der Waals surface area contributed by atoms with Crippen molar-refractivity contribution in [1.82, 2.24) is 15.0 Å². The summed E-state index contributed by atoms with van der Waals surface area (Å²) in [5, 5.41) is 21.7. The van der Waals surface area contributed by atoms with Gasteiger partial charge >= 0.3 is 0 Å². The Morgan fingerprint density at radius 3 is 2.39 bits per heavy atom. The average Bonchev–Trinajstić information content (AvgIpc) is 2.78. The van der Waals surface area contributed by atoms with Crippen molar-refractivity contribution in [1.29, 1.82) is 10.5 Å². The first-order chi connectivity index (χ1) is 15.9. The third-order valence-electron chi connectivity index (χ3n) is 5.28. The van der Waals surface area contributed by atoms with E-state index in [0.29, 0.717) is 23.1 Å². The van der Waals surface area contributed by atoms with Crippen molar-refractivity contribution in [3.63, 3.8) is 0 Å². The molecule has 33 heavy (non-hydrogen) atoms. The quantitative estimate of drug-likeness (QED) is 0.417. The molecule has 7 nitrogen and oxygen atoms in total. The maximum atomic E-state index is 8.97. The lowest BCUT2D eigenvalue weighted by Gasteiger charge is -2.16. The predicted molar refractivity (Wildman–Crippen MR) is 130 cm³/mol. The molecule has 0 amide bonds. The van der Waals surface area contributed by atoms with Gasteiger partial charge in [-0.1, -0.05) is 12.1 Å². The summed E-state index contributed by atoms with van der Waals surface area (Å²) in [5.74, 6) is 1.21. The van der Waals surface area contributed by atoms with Crippen molar-refractivity contribution in [3.05, 3.63) is 76.5 Å². The number of nitrogen functional groups attached to an aromatic ring is 1. The number of hydrogen-bond donors (Lipinski definition) is 2. The third-order valence-corrected chi connectivity index (χ3v) is 5.28. The molecule has 7 heteroatoms. The zero-order valence-electron chi connectivity index (χ0n) is 18.5. The van der Waals surface area contributed by atoms with Gasteiger partial charge in [-0.25, -0.2) is 9.97 Å². The van der Waals surface area contributed by atoms with E-state index in [0.717, 1.165) is 44.3 Å². The smallest absolute Gasteiger partial charge is 0.230 e. The van der Waals surface area contributed by atoms with E-state index in [4.69, 9.17) is 21.2 Å². The second kappa shape index (κ2) is 8.78. The normalized spacial score (nSPS) is 10.8. The number of benzene rings is 2. The van der Waals surface area contributed by atoms with E-state index < -0.39 is 0 Å². The minimum absolute atomic E-state index is 0.325. The number of aromatic nitrogens is 3. The lowest BCUT2D eigenvalue weighted by atomic mass is 9.91. The Morgan fingerprint density at radius 1 is 1.00 bits per heavy atom. The Hall–Kier alpha value is -4.75. The van der Waals surface area contributed by atoms with Gasteiger partial charge in [-0.05, 0) is 78.9 Å². The zero-order valence-corrected chi connectivity index (χ0v) is 18.5. The van der Waals surface area contributed by atoms with Crippen LogP contribution in [0.5, 0.6) is 0 Å². The number of rotatable bonds is 4. The third kappa shape index (κ3) is 4.34. The maximum absolute atomic E-state index is 8.97. The summed E-state index contributed by atoms with van der Waals surface area (Å²) in [6.07, 6.45) is 4.75. The van der Waals surface area contributed by atoms with Crippen LogP contribution in [-0.4, -0.2) is 15.0 Å². The first kappa shape index (κ1) is 21.5. The summed E-state index contributed by atoms with van der Waals surface area (Å²) < 4.78 is 0. The molecule has 0 aliphatic heterocycles. The van der Waals surface area contributed by atoms with Crippen molar-refractivity contribution in [2.45, 2.75) is 20.8 Å². The van der Waals surface area contributed by atoms with Crippen LogP contribution in [0.3, 0.4) is 0 Å². The molecule has 0 aliphatic rings. The van der Waals surface area contributed by atoms with Crippen LogP contribution in [0.25, 0.3) is 28.1 Å². The van der Waals surface area contributed by atoms with Gasteiger partial charge in [0, 0.05) is 23.2 Å². The summed E-state index contributed by atoms with van der Waals surface area (Å²) in [5.41, 5.74) is 13.7. The van der Waals surface area contributed by atoms with Gasteiger partial charge in [0.05, 0.1) is 17.1 Å². The lowest BCUT2D eigenvalue weighted by Crippen LogP contribution is -2.04. The first-order valence-electron chi connectivity index (χ1n) is 10.3. The van der Waals surface area contributed by atoms with Crippen molar-refractivity contribution in [2.75, 3.05) is 11.1 Å². The molecule has 0 bridgehead atoms. The number of pyridine rings is 1. The van der Waals surface area contributed by atoms with Gasteiger partial charge < -0.3 is 11.1 Å². The average molecular weight is 432 g/mol. The Labute approximate surface area is 191 Å². The molecule has 160 valence electrons. The summed E-state index contributed by atoms with van der Waals surface area (Å²) in [7, 11) is 0. The molecule has 0 unspecified atom stereocenters. The number of nitriles is 2. The number of allylic oxidation sites excluding steroid dienone is 1. The topological polar surface area (TPSA) is 124 Å². The summed E-state index contributed by atoms with van der Waals surface area (Å²) in [4.78, 5) is 13.4. The Bertz CT molecular complexity index is 1460. The molecule has 0 saturated heterocycles. The highest BCUT2D eigenvalue weighted by Crippen LogP contribution is 2.36. The fourth-order valence-electron chi connectivity index (χ4n) is 3.95. The highest BCUT2D eigenvalue weighted by molar-refractivity contribution is 6.01. The first-order valence-corrected chi connectivity index (χ1v) is 10.3. The van der Waals surface area contributed by atoms with E-state index in [9.17, 15) is 0 Å². The molecule has 4 aromatic rings. The highest BCUT2D eigenvalue weighted by Gasteiger charge is 2.16. The SMILES string of the molecule is Cc1cc(-c2c(C)cc(C=CC#N)cc2C)c2nc(Nc3ccc(C#N)cn3)nc(N)c2c1. The van der Waals surface area contributed by atoms with Gasteiger partial charge in [-0.2, -0.15) is 15.5 Å². The number of aryl methyl sites for hydroxylation is 3. The lowest BCUT2D eigenvalue weighted by molar-refractivity contribution is 1.18. The van der Waals surface area contributed by atoms with Crippen LogP contribution in [0, 0.1) is 43.4 Å². The number of anilines is 3. The van der Waals surface area contributed by atoms with Crippen molar-refractivity contribution >= 4 is 34.6 Å². The number of nitrogens with zero attached hydrogens (tertiary/aromatic N) is 5. The second-order valence-electron chi connectivity index (χ2n) is 7.80. The predicted octanol–water partition coefficient (Wildman–Crippen LogP) is 5.35. The molecule has 2 aromatic heterocycles. The van der Waals surface area contributed by atoms with E-state index in [1.807, 2.05) is 39.0 Å². The van der Waals surface area contributed by atoms with Crippen molar-refractivity contribution in [3.8, 4) is 23.3 Å². The molecular formula is C26H21N7. The largest absolute Gasteiger partial charge is 0.383 e. The van der Waals surface area contributed by atoms with Crippen LogP contribution in [0.2, 0.25) is 0 Å². The molecule has 2 aromatic carbocycles. The van der Waals surface area contributed by atoms with E-state index in [1.54, 1.807) is 18.2 Å². The minimum atomic E-state index is 0.325. The standard InChI is InChI=1S/C26H21N7/c1-15-9-20(23-16(2)11-18(5-4-8-27)12-17(23)3)24-21(10-15)25(29)33-26(32-24)31-22-7-6-19(13-28)14-30-22/h4-7,9-12,14H,1-3H3,(H3,29,30,31,32,33). The summed E-state index contributed by atoms with van der Waals surface area (Å²) in [6.45, 7) is 6.11. The Kier molecular flexibility index (Phi) is 5.71. The van der Waals surface area contributed by atoms with Gasteiger partial charge in [0.25, 0.3) is 0 Å². The molecular weight excluding hydrogens is 410 g/mol. The van der Waals surface area contributed by atoms with Gasteiger partial charge in [-0.3, -0.25) is 0 Å². The fourth-order valence-corrected chi connectivity index (χ4v) is 3.95. The number of nitrogens with two attached hydrogens (primary N) is 1. The van der Waals surface area contributed by atoms with Crippen LogP contribution < -0.4 is 11.1 Å². The van der Waals surface area contributed by atoms with E-state index in [1.165, 1.54) is 12.3 Å². The van der Waals surface area contributed by atoms with Gasteiger partial charge in [0.2, 0.25) is 5.95 Å². The number of hydrogen-bond acceptors (Lipinski definition) is 7. The van der Waals surface area contributed by atoms with Crippen molar-refractivity contribution in [2.24, 2.45) is 0 Å². The summed E-state index contributed by atoms with van der Waals surface area (Å²) in [6, 6.07) is 15.6. The van der Waals surface area contributed by atoms with Crippen molar-refractivity contribution < 1.29 is 0 Å². The fraction of sp³-hybridized carbons (Fsp3) is 0.115. The van der Waals surface area contributed by atoms with E-state index in [2.05, 4.69) is 33.5 Å². The zero-order chi connectivity index (χ0) is 23.5. The van der Waals surface area contributed by atoms with Crippen LogP contribution in [0.4, 0.5) is 17.6 Å². The molecule has 0 saturated carbocycles. The highest BCUT2D eigenvalue weighted by atomic mass is 15.2. The van der Waals surface area contributed by atoms with Crippen LogP contribution in [0.1, 0.15) is 27.8 Å². The molecule has 2 heterocycles. The molecule has 4 rings (SSSR count). The number of fused-ring (bicyclic) bond motifs is 1.